The van der Waals surface area contributed by atoms with Gasteiger partial charge in [-0.3, -0.25) is 4.79 Å². The van der Waals surface area contributed by atoms with E-state index in [9.17, 15) is 9.18 Å². The van der Waals surface area contributed by atoms with Crippen molar-refractivity contribution in [2.45, 2.75) is 25.9 Å². The minimum atomic E-state index is -1.73. The lowest BCUT2D eigenvalue weighted by atomic mass is 9.99. The molecule has 0 amide bonds. The fourth-order valence-electron chi connectivity index (χ4n) is 0.991. The van der Waals surface area contributed by atoms with Crippen molar-refractivity contribution in [3.8, 4) is 0 Å². The zero-order valence-electron chi connectivity index (χ0n) is 7.88. The van der Waals surface area contributed by atoms with Crippen molar-refractivity contribution in [1.29, 1.82) is 0 Å². The van der Waals surface area contributed by atoms with Gasteiger partial charge in [0.2, 0.25) is 0 Å². The van der Waals surface area contributed by atoms with Crippen LogP contribution >= 0.6 is 0 Å². The molecule has 0 saturated carbocycles. The first-order chi connectivity index (χ1) is 6.00. The Labute approximate surface area is 77.6 Å². The maximum atomic E-state index is 13.1. The van der Waals surface area contributed by atoms with E-state index < -0.39 is 5.67 Å². The summed E-state index contributed by atoms with van der Waals surface area (Å²) < 4.78 is 13.1. The van der Waals surface area contributed by atoms with Gasteiger partial charge in [-0.1, -0.05) is 30.3 Å². The van der Waals surface area contributed by atoms with E-state index in [0.717, 1.165) is 5.56 Å². The van der Waals surface area contributed by atoms with Gasteiger partial charge in [-0.05, 0) is 19.4 Å². The maximum absolute atomic E-state index is 13.1. The Morgan fingerprint density at radius 2 is 1.85 bits per heavy atom. The van der Waals surface area contributed by atoms with Gasteiger partial charge in [-0.25, -0.2) is 4.39 Å². The number of hydrogen-bond donors (Lipinski definition) is 0. The SMILES string of the molecule is CC(C)(F)C(=O)Cc1ccccc1. The minimum absolute atomic E-state index is 0.171. The van der Waals surface area contributed by atoms with Crippen LogP contribution in [0.5, 0.6) is 0 Å². The van der Waals surface area contributed by atoms with Gasteiger partial charge in [0.05, 0.1) is 0 Å². The summed E-state index contributed by atoms with van der Waals surface area (Å²) in [6.45, 7) is 2.58. The molecule has 13 heavy (non-hydrogen) atoms. The average Bonchev–Trinajstić information content (AvgIpc) is 2.04. The molecule has 1 nitrogen and oxygen atoms in total. The van der Waals surface area contributed by atoms with Crippen LogP contribution < -0.4 is 0 Å². The summed E-state index contributed by atoms with van der Waals surface area (Å²) in [6, 6.07) is 9.20. The molecule has 0 radical (unpaired) electrons. The second-order valence-corrected chi connectivity index (χ2v) is 3.56. The molecule has 0 bridgehead atoms. The van der Waals surface area contributed by atoms with Gasteiger partial charge >= 0.3 is 0 Å². The molecule has 70 valence electrons. The van der Waals surface area contributed by atoms with E-state index in [1.807, 2.05) is 30.3 Å². The summed E-state index contributed by atoms with van der Waals surface area (Å²) in [5.41, 5.74) is -0.867. The highest BCUT2D eigenvalue weighted by Gasteiger charge is 2.25. The van der Waals surface area contributed by atoms with Crippen LogP contribution in [0.2, 0.25) is 0 Å². The van der Waals surface area contributed by atoms with Crippen molar-refractivity contribution in [2.75, 3.05) is 0 Å². The fraction of sp³-hybridized carbons (Fsp3) is 0.364. The van der Waals surface area contributed by atoms with Crippen molar-refractivity contribution >= 4 is 5.78 Å². The summed E-state index contributed by atoms with van der Waals surface area (Å²) in [7, 11) is 0. The lowest BCUT2D eigenvalue weighted by molar-refractivity contribution is -0.127. The number of alkyl halides is 1. The summed E-state index contributed by atoms with van der Waals surface area (Å²) >= 11 is 0. The van der Waals surface area contributed by atoms with Gasteiger partial charge in [-0.2, -0.15) is 0 Å². The average molecular weight is 180 g/mol. The quantitative estimate of drug-likeness (QED) is 0.698. The number of benzene rings is 1. The highest BCUT2D eigenvalue weighted by Crippen LogP contribution is 2.13. The van der Waals surface area contributed by atoms with Crippen LogP contribution in [-0.2, 0) is 11.2 Å². The Kier molecular flexibility index (Phi) is 2.81. The van der Waals surface area contributed by atoms with Gasteiger partial charge in [0, 0.05) is 6.42 Å². The van der Waals surface area contributed by atoms with Crippen molar-refractivity contribution in [3.63, 3.8) is 0 Å². The molecule has 0 aliphatic carbocycles. The third kappa shape index (κ3) is 2.98. The van der Waals surface area contributed by atoms with Crippen LogP contribution in [0.1, 0.15) is 19.4 Å². The zero-order chi connectivity index (χ0) is 9.90. The molecule has 0 N–H and O–H groups in total. The van der Waals surface area contributed by atoms with Gasteiger partial charge in [0.25, 0.3) is 0 Å². The lowest BCUT2D eigenvalue weighted by Gasteiger charge is -2.11. The smallest absolute Gasteiger partial charge is 0.173 e. The highest BCUT2D eigenvalue weighted by molar-refractivity contribution is 5.88. The van der Waals surface area contributed by atoms with E-state index in [1.165, 1.54) is 13.8 Å². The van der Waals surface area contributed by atoms with E-state index in [2.05, 4.69) is 0 Å². The van der Waals surface area contributed by atoms with E-state index in [0.29, 0.717) is 0 Å². The van der Waals surface area contributed by atoms with Crippen molar-refractivity contribution < 1.29 is 9.18 Å². The molecule has 1 aromatic rings. The van der Waals surface area contributed by atoms with Crippen LogP contribution in [0, 0.1) is 0 Å². The molecule has 0 aliphatic heterocycles. The maximum Gasteiger partial charge on any atom is 0.173 e. The molecule has 0 fully saturated rings. The van der Waals surface area contributed by atoms with Crippen LogP contribution in [0.25, 0.3) is 0 Å². The minimum Gasteiger partial charge on any atom is -0.296 e. The summed E-state index contributed by atoms with van der Waals surface area (Å²) in [5, 5.41) is 0. The molecule has 0 unspecified atom stereocenters. The number of hydrogen-bond acceptors (Lipinski definition) is 1. The van der Waals surface area contributed by atoms with Gasteiger partial charge in [-0.15, -0.1) is 0 Å². The van der Waals surface area contributed by atoms with Crippen LogP contribution in [0.3, 0.4) is 0 Å². The Bertz CT molecular complexity index is 285. The number of Topliss-reactive ketones (excluding diaryl/α,β-unsaturated/α-hetero) is 1. The summed E-state index contributed by atoms with van der Waals surface area (Å²) in [4.78, 5) is 11.3. The second-order valence-electron chi connectivity index (χ2n) is 3.56. The van der Waals surface area contributed by atoms with Crippen molar-refractivity contribution in [1.82, 2.24) is 0 Å². The second kappa shape index (κ2) is 3.69. The largest absolute Gasteiger partial charge is 0.296 e. The van der Waals surface area contributed by atoms with E-state index in [-0.39, 0.29) is 12.2 Å². The van der Waals surface area contributed by atoms with Gasteiger partial charge in [0.1, 0.15) is 0 Å². The molecule has 1 aromatic carbocycles. The number of carbonyl (C=O) groups excluding carboxylic acids is 1. The topological polar surface area (TPSA) is 17.1 Å². The third-order valence-electron chi connectivity index (χ3n) is 1.87. The van der Waals surface area contributed by atoms with E-state index in [4.69, 9.17) is 0 Å². The molecule has 1 rings (SSSR count). The van der Waals surface area contributed by atoms with Gasteiger partial charge < -0.3 is 0 Å². The number of halogens is 1. The highest BCUT2D eigenvalue weighted by atomic mass is 19.1. The fourth-order valence-corrected chi connectivity index (χ4v) is 0.991. The monoisotopic (exact) mass is 180 g/mol. The Morgan fingerprint density at radius 1 is 1.31 bits per heavy atom. The first-order valence-corrected chi connectivity index (χ1v) is 4.26. The van der Waals surface area contributed by atoms with Crippen LogP contribution in [0.4, 0.5) is 4.39 Å². The summed E-state index contributed by atoms with van der Waals surface area (Å²) in [5.74, 6) is -0.376. The molecule has 0 atom stereocenters. The number of ketones is 1. The summed E-state index contributed by atoms with van der Waals surface area (Å²) in [6.07, 6.45) is 0.171. The normalized spacial score (nSPS) is 11.3. The molecule has 0 aliphatic rings. The molecule has 0 heterocycles. The molecule has 0 spiro atoms. The Hall–Kier alpha value is -1.18. The Balaban J connectivity index is 2.66. The van der Waals surface area contributed by atoms with E-state index in [1.54, 1.807) is 0 Å². The molecule has 2 heteroatoms. The lowest BCUT2D eigenvalue weighted by Crippen LogP contribution is -2.27. The predicted octanol–water partition coefficient (Wildman–Crippen LogP) is 2.55. The standard InChI is InChI=1S/C11H13FO/c1-11(2,12)10(13)8-9-6-4-3-5-7-9/h3-7H,8H2,1-2H3. The van der Waals surface area contributed by atoms with Gasteiger partial charge in [0.15, 0.2) is 11.5 Å². The van der Waals surface area contributed by atoms with Crippen LogP contribution in [0.15, 0.2) is 30.3 Å². The van der Waals surface area contributed by atoms with Crippen LogP contribution in [-0.4, -0.2) is 11.5 Å². The first kappa shape index (κ1) is 9.90. The molecular weight excluding hydrogens is 167 g/mol. The number of rotatable bonds is 3. The van der Waals surface area contributed by atoms with E-state index >= 15 is 0 Å². The Morgan fingerprint density at radius 3 is 2.31 bits per heavy atom. The predicted molar refractivity (Wildman–Crippen MR) is 50.3 cm³/mol. The number of carbonyl (C=O) groups is 1. The molecule has 0 aromatic heterocycles. The molecule has 0 saturated heterocycles. The zero-order valence-corrected chi connectivity index (χ0v) is 7.88. The van der Waals surface area contributed by atoms with Crippen molar-refractivity contribution in [3.05, 3.63) is 35.9 Å². The first-order valence-electron chi connectivity index (χ1n) is 4.26. The van der Waals surface area contributed by atoms with Crippen molar-refractivity contribution in [2.24, 2.45) is 0 Å². The molecular formula is C11H13FO. The third-order valence-corrected chi connectivity index (χ3v) is 1.87.